The van der Waals surface area contributed by atoms with Gasteiger partial charge in [0.25, 0.3) is 5.56 Å². The van der Waals surface area contributed by atoms with Crippen LogP contribution >= 0.6 is 7.60 Å². The Hall–Kier alpha value is -0.360. The van der Waals surface area contributed by atoms with Crippen molar-refractivity contribution in [1.82, 2.24) is 9.55 Å². The molecule has 142 valence electrons. The van der Waals surface area contributed by atoms with Crippen molar-refractivity contribution in [2.45, 2.75) is 44.3 Å². The minimum absolute atomic E-state index is 0. The van der Waals surface area contributed by atoms with E-state index in [4.69, 9.17) is 9.26 Å². The van der Waals surface area contributed by atoms with E-state index in [2.05, 4.69) is 0 Å². The number of H-pyrrole nitrogens is 1. The van der Waals surface area contributed by atoms with Gasteiger partial charge in [-0.1, -0.05) is 13.3 Å². The van der Waals surface area contributed by atoms with E-state index in [1.807, 2.05) is 6.92 Å². The molecule has 0 saturated carbocycles. The second kappa shape index (κ2) is 9.72. The van der Waals surface area contributed by atoms with Gasteiger partial charge in [0.05, 0.1) is 12.8 Å². The topological polar surface area (TPSA) is 154 Å². The van der Waals surface area contributed by atoms with Crippen LogP contribution in [-0.2, 0) is 13.8 Å². The zero-order valence-electron chi connectivity index (χ0n) is 14.3. The first kappa shape index (κ1) is 23.7. The maximum absolute atomic E-state index is 13.4. The monoisotopic (exact) mass is 404 g/mol. The Bertz CT molecular complexity index is 771. The van der Waals surface area contributed by atoms with Crippen LogP contribution in [0.25, 0.3) is 0 Å². The van der Waals surface area contributed by atoms with Crippen LogP contribution in [0.2, 0.25) is 0 Å². The van der Waals surface area contributed by atoms with Gasteiger partial charge in [0, 0.05) is 6.16 Å². The standard InChI is InChI=1S/C13H20FN2O8P.Na/c1-2-3-4-25(21,22)23-6-8-9(17)10(18)12(24-8)16-5-7(14)11(19)15-13(16)20;/h5,8-10,12,17-18H,2-4,6H2,1H3,(H,21,22)(H,15,19,20);/q;+1/p-1/t8-,9-,10-,12-;/m1./s1. The Labute approximate surface area is 169 Å². The van der Waals surface area contributed by atoms with Crippen LogP contribution in [0.5, 0.6) is 0 Å². The van der Waals surface area contributed by atoms with Gasteiger partial charge >= 0.3 is 35.2 Å². The van der Waals surface area contributed by atoms with Crippen LogP contribution in [0.15, 0.2) is 15.8 Å². The summed E-state index contributed by atoms with van der Waals surface area (Å²) < 4.78 is 35.6. The van der Waals surface area contributed by atoms with Gasteiger partial charge in [0.2, 0.25) is 5.82 Å². The van der Waals surface area contributed by atoms with Crippen molar-refractivity contribution in [3.63, 3.8) is 0 Å². The molecule has 13 heteroatoms. The van der Waals surface area contributed by atoms with Gasteiger partial charge in [-0.2, -0.15) is 4.39 Å². The molecule has 1 aliphatic heterocycles. The number of nitrogens with zero attached hydrogens (tertiary/aromatic N) is 1. The predicted molar refractivity (Wildman–Crippen MR) is 80.5 cm³/mol. The van der Waals surface area contributed by atoms with E-state index in [9.17, 15) is 33.7 Å². The van der Waals surface area contributed by atoms with Crippen LogP contribution in [-0.4, -0.2) is 50.8 Å². The molecule has 3 N–H and O–H groups in total. The van der Waals surface area contributed by atoms with Crippen molar-refractivity contribution in [3.05, 3.63) is 32.9 Å². The quantitative estimate of drug-likeness (QED) is 0.305. The number of unbranched alkanes of at least 4 members (excludes halogenated alkanes) is 1. The Morgan fingerprint density at radius 2 is 2.08 bits per heavy atom. The zero-order chi connectivity index (χ0) is 18.8. The molecular weight excluding hydrogens is 385 g/mol. The van der Waals surface area contributed by atoms with Crippen molar-refractivity contribution in [1.29, 1.82) is 0 Å². The predicted octanol–water partition coefficient (Wildman–Crippen LogP) is -4.33. The summed E-state index contributed by atoms with van der Waals surface area (Å²) in [5.41, 5.74) is -2.29. The van der Waals surface area contributed by atoms with Crippen LogP contribution < -0.4 is 45.7 Å². The SMILES string of the molecule is CCCCP(=O)([O-])OC[C@H]1O[C@@H](n2cc(F)c(=O)[nH]c2=O)[C@H](O)[C@@H]1O.[Na+]. The third-order valence-corrected chi connectivity index (χ3v) is 5.16. The normalized spacial score (nSPS) is 27.7. The van der Waals surface area contributed by atoms with Crippen molar-refractivity contribution in [2.75, 3.05) is 12.8 Å². The van der Waals surface area contributed by atoms with Crippen molar-refractivity contribution >= 4 is 7.60 Å². The Kier molecular flexibility index (Phi) is 8.85. The number of halogens is 1. The van der Waals surface area contributed by atoms with Gasteiger partial charge < -0.3 is 28.9 Å². The van der Waals surface area contributed by atoms with E-state index in [1.54, 1.807) is 4.98 Å². The van der Waals surface area contributed by atoms with E-state index >= 15 is 0 Å². The molecule has 1 saturated heterocycles. The van der Waals surface area contributed by atoms with Gasteiger partial charge in [0.15, 0.2) is 6.23 Å². The number of aromatic nitrogens is 2. The van der Waals surface area contributed by atoms with Gasteiger partial charge in [-0.05, 0) is 6.42 Å². The van der Waals surface area contributed by atoms with Crippen molar-refractivity contribution < 1.29 is 62.9 Å². The molecule has 26 heavy (non-hydrogen) atoms. The first-order valence-corrected chi connectivity index (χ1v) is 9.36. The van der Waals surface area contributed by atoms with Gasteiger partial charge in [0.1, 0.15) is 25.9 Å². The van der Waals surface area contributed by atoms with Gasteiger partial charge in [-0.3, -0.25) is 14.3 Å². The van der Waals surface area contributed by atoms with Crippen LogP contribution in [0.1, 0.15) is 26.0 Å². The van der Waals surface area contributed by atoms with Crippen molar-refractivity contribution in [2.24, 2.45) is 0 Å². The summed E-state index contributed by atoms with van der Waals surface area (Å²) in [6.45, 7) is 1.24. The molecular formula is C13H19FN2NaO8P. The molecule has 2 heterocycles. The smallest absolute Gasteiger partial charge is 0.778 e. The van der Waals surface area contributed by atoms with Crippen molar-refractivity contribution in [3.8, 4) is 0 Å². The number of aliphatic hydroxyl groups is 2. The third-order valence-electron chi connectivity index (χ3n) is 3.76. The number of hydrogen-bond acceptors (Lipinski definition) is 8. The fraction of sp³-hybridized carbons (Fsp3) is 0.692. The molecule has 0 aromatic carbocycles. The number of aromatic amines is 1. The summed E-state index contributed by atoms with van der Waals surface area (Å²) in [5, 5.41) is 19.9. The number of nitrogens with one attached hydrogen (secondary N) is 1. The molecule has 0 radical (unpaired) electrons. The summed E-state index contributed by atoms with van der Waals surface area (Å²) >= 11 is 0. The van der Waals surface area contributed by atoms with Crippen LogP contribution in [0, 0.1) is 5.82 Å². The number of aliphatic hydroxyl groups excluding tert-OH is 2. The molecule has 1 unspecified atom stereocenters. The molecule has 1 fully saturated rings. The van der Waals surface area contributed by atoms with Gasteiger partial charge in [-0.25, -0.2) is 4.79 Å². The Morgan fingerprint density at radius 3 is 2.69 bits per heavy atom. The number of rotatable bonds is 7. The summed E-state index contributed by atoms with van der Waals surface area (Å²) in [4.78, 5) is 36.1. The molecule has 2 rings (SSSR count). The van der Waals surface area contributed by atoms with Crippen LogP contribution in [0.4, 0.5) is 4.39 Å². The van der Waals surface area contributed by atoms with E-state index in [0.29, 0.717) is 23.6 Å². The maximum Gasteiger partial charge on any atom is 1.00 e. The molecule has 1 aromatic heterocycles. The average Bonchev–Trinajstić information content (AvgIpc) is 2.83. The second-order valence-corrected chi connectivity index (χ2v) is 7.60. The van der Waals surface area contributed by atoms with E-state index < -0.39 is 55.8 Å². The molecule has 0 amide bonds. The average molecular weight is 404 g/mol. The summed E-state index contributed by atoms with van der Waals surface area (Å²) in [6, 6.07) is 0. The maximum atomic E-state index is 13.4. The first-order chi connectivity index (χ1) is 11.7. The Morgan fingerprint density at radius 1 is 1.42 bits per heavy atom. The number of ether oxygens (including phenoxy) is 1. The summed E-state index contributed by atoms with van der Waals surface area (Å²) in [6.07, 6.45) is -4.58. The summed E-state index contributed by atoms with van der Waals surface area (Å²) in [5.74, 6) is -1.28. The minimum Gasteiger partial charge on any atom is -0.778 e. The molecule has 1 aliphatic rings. The van der Waals surface area contributed by atoms with E-state index in [1.165, 1.54) is 0 Å². The Balaban J connectivity index is 0.00000338. The minimum atomic E-state index is -4.12. The first-order valence-electron chi connectivity index (χ1n) is 7.63. The third kappa shape index (κ3) is 5.57. The molecule has 0 bridgehead atoms. The number of hydrogen-bond donors (Lipinski definition) is 3. The van der Waals surface area contributed by atoms with E-state index in [0.717, 1.165) is 0 Å². The largest absolute Gasteiger partial charge is 1.00 e. The second-order valence-electron chi connectivity index (χ2n) is 5.67. The molecule has 10 nitrogen and oxygen atoms in total. The fourth-order valence-electron chi connectivity index (χ4n) is 2.35. The summed E-state index contributed by atoms with van der Waals surface area (Å²) in [7, 11) is -4.12. The molecule has 0 aliphatic carbocycles. The zero-order valence-corrected chi connectivity index (χ0v) is 17.2. The molecule has 5 atom stereocenters. The van der Waals surface area contributed by atoms with Gasteiger partial charge in [-0.15, -0.1) is 0 Å². The molecule has 1 aromatic rings. The van der Waals surface area contributed by atoms with Crippen LogP contribution in [0.3, 0.4) is 0 Å². The fourth-order valence-corrected chi connectivity index (χ4v) is 3.56. The van der Waals surface area contributed by atoms with E-state index in [-0.39, 0.29) is 35.7 Å². The molecule has 0 spiro atoms.